The second-order valence-electron chi connectivity index (χ2n) is 5.56. The maximum absolute atomic E-state index is 13.7. The Morgan fingerprint density at radius 3 is 2.30 bits per heavy atom. The lowest BCUT2D eigenvalue weighted by atomic mass is 10.1. The Morgan fingerprint density at radius 1 is 1.30 bits per heavy atom. The van der Waals surface area contributed by atoms with Crippen molar-refractivity contribution < 1.29 is 18.3 Å². The van der Waals surface area contributed by atoms with Crippen LogP contribution in [0.1, 0.15) is 32.8 Å². The van der Waals surface area contributed by atoms with Crippen LogP contribution in [0.5, 0.6) is 5.75 Å². The van der Waals surface area contributed by atoms with Gasteiger partial charge in [-0.1, -0.05) is 0 Å². The van der Waals surface area contributed by atoms with Gasteiger partial charge in [0.05, 0.1) is 13.0 Å². The van der Waals surface area contributed by atoms with Crippen molar-refractivity contribution >= 4 is 5.91 Å². The Hall–Kier alpha value is -1.69. The third-order valence-corrected chi connectivity index (χ3v) is 2.48. The molecule has 0 aliphatic heterocycles. The van der Waals surface area contributed by atoms with E-state index in [1.165, 1.54) is 12.1 Å². The lowest BCUT2D eigenvalue weighted by molar-refractivity contribution is -0.118. The quantitative estimate of drug-likeness (QED) is 0.842. The van der Waals surface area contributed by atoms with Gasteiger partial charge in [0.25, 0.3) is 0 Å². The van der Waals surface area contributed by atoms with E-state index in [-0.39, 0.29) is 18.6 Å². The Morgan fingerprint density at radius 2 is 1.85 bits per heavy atom. The maximum Gasteiger partial charge on any atom is 0.220 e. The van der Waals surface area contributed by atoms with Crippen LogP contribution in [-0.4, -0.2) is 18.1 Å². The van der Waals surface area contributed by atoms with E-state index in [0.717, 1.165) is 0 Å². The lowest BCUT2D eigenvalue weighted by Crippen LogP contribution is -2.35. The second-order valence-corrected chi connectivity index (χ2v) is 5.56. The Balaban J connectivity index is 2.73. The minimum absolute atomic E-state index is 0.0911. The molecule has 0 aromatic heterocycles. The zero-order valence-electron chi connectivity index (χ0n) is 11.9. The first-order chi connectivity index (χ1) is 9.19. The first-order valence-corrected chi connectivity index (χ1v) is 6.33. The third kappa shape index (κ3) is 5.52. The molecule has 0 bridgehead atoms. The van der Waals surface area contributed by atoms with Gasteiger partial charge in [0, 0.05) is 12.1 Å². The molecule has 4 nitrogen and oxygen atoms in total. The van der Waals surface area contributed by atoms with Crippen molar-refractivity contribution in [3.63, 3.8) is 0 Å². The zero-order chi connectivity index (χ0) is 15.3. The number of amides is 1. The molecule has 20 heavy (non-hydrogen) atoms. The number of hydrogen-bond donors (Lipinski definition) is 2. The summed E-state index contributed by atoms with van der Waals surface area (Å²) in [6.45, 7) is 6.07. The van der Waals surface area contributed by atoms with Gasteiger partial charge < -0.3 is 15.8 Å². The molecule has 1 aromatic carbocycles. The third-order valence-electron chi connectivity index (χ3n) is 2.48. The number of halogens is 2. The van der Waals surface area contributed by atoms with Crippen molar-refractivity contribution in [3.8, 4) is 5.75 Å². The topological polar surface area (TPSA) is 64.3 Å². The molecule has 0 saturated carbocycles. The molecule has 6 heteroatoms. The average Bonchev–Trinajstić information content (AvgIpc) is 2.29. The van der Waals surface area contributed by atoms with Crippen LogP contribution in [0.3, 0.4) is 0 Å². The van der Waals surface area contributed by atoms with Crippen LogP contribution in [0.25, 0.3) is 0 Å². The average molecular weight is 286 g/mol. The fourth-order valence-electron chi connectivity index (χ4n) is 1.47. The van der Waals surface area contributed by atoms with E-state index in [9.17, 15) is 13.6 Å². The summed E-state index contributed by atoms with van der Waals surface area (Å²) in [5.41, 5.74) is 5.26. The van der Waals surface area contributed by atoms with Crippen LogP contribution in [-0.2, 0) is 11.3 Å². The number of ether oxygens (including phenoxy) is 1. The van der Waals surface area contributed by atoms with Crippen molar-refractivity contribution in [1.29, 1.82) is 0 Å². The number of nitrogens with one attached hydrogen (secondary N) is 1. The highest BCUT2D eigenvalue weighted by molar-refractivity contribution is 5.73. The van der Waals surface area contributed by atoms with Gasteiger partial charge in [0.15, 0.2) is 17.4 Å². The predicted molar refractivity (Wildman–Crippen MR) is 72.3 cm³/mol. The van der Waals surface area contributed by atoms with Crippen LogP contribution in [0.15, 0.2) is 12.1 Å². The second kappa shape index (κ2) is 6.65. The van der Waals surface area contributed by atoms with E-state index < -0.39 is 23.3 Å². The Bertz CT molecular complexity index is 462. The molecule has 1 rings (SSSR count). The summed E-state index contributed by atoms with van der Waals surface area (Å²) >= 11 is 0. The SMILES string of the molecule is CC(C)(C)NCc1cc(F)c(OCCC(N)=O)c(F)c1. The number of primary amides is 1. The molecule has 0 spiro atoms. The summed E-state index contributed by atoms with van der Waals surface area (Å²) < 4.78 is 32.4. The summed E-state index contributed by atoms with van der Waals surface area (Å²) in [7, 11) is 0. The molecule has 0 radical (unpaired) electrons. The van der Waals surface area contributed by atoms with Gasteiger partial charge in [-0.05, 0) is 38.5 Å². The van der Waals surface area contributed by atoms with Crippen LogP contribution in [0.2, 0.25) is 0 Å². The van der Waals surface area contributed by atoms with E-state index in [0.29, 0.717) is 12.1 Å². The minimum atomic E-state index is -0.792. The van der Waals surface area contributed by atoms with Crippen LogP contribution in [0, 0.1) is 11.6 Å². The molecule has 1 amide bonds. The van der Waals surface area contributed by atoms with Gasteiger partial charge in [0.1, 0.15) is 0 Å². The van der Waals surface area contributed by atoms with Gasteiger partial charge in [-0.15, -0.1) is 0 Å². The van der Waals surface area contributed by atoms with Crippen molar-refractivity contribution in [3.05, 3.63) is 29.3 Å². The summed E-state index contributed by atoms with van der Waals surface area (Å²) in [4.78, 5) is 10.5. The lowest BCUT2D eigenvalue weighted by Gasteiger charge is -2.20. The van der Waals surface area contributed by atoms with Gasteiger partial charge in [-0.2, -0.15) is 0 Å². The molecule has 0 fully saturated rings. The molecule has 3 N–H and O–H groups in total. The molecular formula is C14H20F2N2O2. The highest BCUT2D eigenvalue weighted by Crippen LogP contribution is 2.23. The Kier molecular flexibility index (Phi) is 5.44. The number of benzene rings is 1. The van der Waals surface area contributed by atoms with Gasteiger partial charge in [-0.3, -0.25) is 4.79 Å². The zero-order valence-corrected chi connectivity index (χ0v) is 11.9. The van der Waals surface area contributed by atoms with E-state index in [1.807, 2.05) is 20.8 Å². The van der Waals surface area contributed by atoms with E-state index >= 15 is 0 Å². The molecule has 112 valence electrons. The van der Waals surface area contributed by atoms with Crippen molar-refractivity contribution in [2.24, 2.45) is 5.73 Å². The molecule has 0 aliphatic carbocycles. The highest BCUT2D eigenvalue weighted by Gasteiger charge is 2.15. The number of carbonyl (C=O) groups excluding carboxylic acids is 1. The Labute approximate surface area is 117 Å². The number of hydrogen-bond acceptors (Lipinski definition) is 3. The highest BCUT2D eigenvalue weighted by atomic mass is 19.1. The number of rotatable bonds is 6. The fraction of sp³-hybridized carbons (Fsp3) is 0.500. The van der Waals surface area contributed by atoms with Crippen LogP contribution >= 0.6 is 0 Å². The summed E-state index contributed by atoms with van der Waals surface area (Å²) in [6.07, 6.45) is -0.0911. The normalized spacial score (nSPS) is 11.4. The van der Waals surface area contributed by atoms with Gasteiger partial charge >= 0.3 is 0 Å². The molecular weight excluding hydrogens is 266 g/mol. The molecule has 0 saturated heterocycles. The van der Waals surface area contributed by atoms with E-state index in [1.54, 1.807) is 0 Å². The van der Waals surface area contributed by atoms with E-state index in [4.69, 9.17) is 10.5 Å². The van der Waals surface area contributed by atoms with Crippen molar-refractivity contribution in [2.75, 3.05) is 6.61 Å². The molecule has 0 heterocycles. The first-order valence-electron chi connectivity index (χ1n) is 6.33. The smallest absolute Gasteiger partial charge is 0.220 e. The summed E-state index contributed by atoms with van der Waals surface area (Å²) in [5.74, 6) is -2.65. The monoisotopic (exact) mass is 286 g/mol. The van der Waals surface area contributed by atoms with E-state index in [2.05, 4.69) is 5.32 Å². The minimum Gasteiger partial charge on any atom is -0.487 e. The maximum atomic E-state index is 13.7. The van der Waals surface area contributed by atoms with Gasteiger partial charge in [0.2, 0.25) is 5.91 Å². The fourth-order valence-corrected chi connectivity index (χ4v) is 1.47. The van der Waals surface area contributed by atoms with Crippen molar-refractivity contribution in [2.45, 2.75) is 39.3 Å². The standard InChI is InChI=1S/C14H20F2N2O2/c1-14(2,3)18-8-9-6-10(15)13(11(16)7-9)20-5-4-12(17)19/h6-7,18H,4-5,8H2,1-3H3,(H2,17,19). The molecule has 1 aromatic rings. The molecule has 0 aliphatic rings. The largest absolute Gasteiger partial charge is 0.487 e. The van der Waals surface area contributed by atoms with Gasteiger partial charge in [-0.25, -0.2) is 8.78 Å². The number of carbonyl (C=O) groups is 1. The first kappa shape index (κ1) is 16.4. The number of nitrogens with two attached hydrogens (primary N) is 1. The summed E-state index contributed by atoms with van der Waals surface area (Å²) in [5, 5.41) is 3.13. The van der Waals surface area contributed by atoms with Crippen molar-refractivity contribution in [1.82, 2.24) is 5.32 Å². The molecule has 0 unspecified atom stereocenters. The summed E-state index contributed by atoms with van der Waals surface area (Å²) in [6, 6.07) is 2.42. The predicted octanol–water partition coefficient (Wildman–Crippen LogP) is 2.11. The molecule has 0 atom stereocenters. The van der Waals surface area contributed by atoms with Crippen LogP contribution < -0.4 is 15.8 Å². The van der Waals surface area contributed by atoms with Crippen LogP contribution in [0.4, 0.5) is 8.78 Å².